The summed E-state index contributed by atoms with van der Waals surface area (Å²) in [7, 11) is 3.72. The van der Waals surface area contributed by atoms with Crippen LogP contribution in [0.2, 0.25) is 0 Å². The number of anilines is 1. The topological polar surface area (TPSA) is 108 Å². The molecular formula is C45H47N5O6. The second kappa shape index (κ2) is 15.7. The fraction of sp³-hybridized carbons (Fsp3) is 0.311. The number of hydrogen-bond acceptors (Lipinski definition) is 7. The third kappa shape index (κ3) is 7.39. The van der Waals surface area contributed by atoms with E-state index in [1.807, 2.05) is 72.0 Å². The maximum absolute atomic E-state index is 15.3. The van der Waals surface area contributed by atoms with Crippen LogP contribution in [0.4, 0.5) is 10.5 Å². The molecule has 1 saturated heterocycles. The SMILES string of the molecule is Cc1c(C(=O)N(C)c2ccccc2)cc(-c2cc3c(cc2C(=O)N2Cc4ccccc4C[C@H]2CN2CCOCC2)CN(C(=O)Oc2cccc(O)c2)CC3)n1C. The number of rotatable bonds is 7. The lowest BCUT2D eigenvalue weighted by molar-refractivity contribution is 0.0193. The van der Waals surface area contributed by atoms with Gasteiger partial charge in [0.05, 0.1) is 18.8 Å². The number of phenols is 1. The van der Waals surface area contributed by atoms with E-state index in [0.29, 0.717) is 43.9 Å². The predicted molar refractivity (Wildman–Crippen MR) is 214 cm³/mol. The average molecular weight is 754 g/mol. The van der Waals surface area contributed by atoms with E-state index in [0.717, 1.165) is 65.4 Å². The largest absolute Gasteiger partial charge is 0.508 e. The lowest BCUT2D eigenvalue weighted by Crippen LogP contribution is -2.52. The Labute approximate surface area is 327 Å². The van der Waals surface area contributed by atoms with Crippen LogP contribution in [0.3, 0.4) is 0 Å². The van der Waals surface area contributed by atoms with Crippen molar-refractivity contribution in [1.29, 1.82) is 0 Å². The molecule has 3 aliphatic heterocycles. The second-order valence-corrected chi connectivity index (χ2v) is 15.0. The molecule has 0 radical (unpaired) electrons. The number of carbonyl (C=O) groups excluding carboxylic acids is 3. The summed E-state index contributed by atoms with van der Waals surface area (Å²) in [4.78, 5) is 50.4. The molecule has 4 aromatic carbocycles. The van der Waals surface area contributed by atoms with Crippen molar-refractivity contribution in [1.82, 2.24) is 19.3 Å². The van der Waals surface area contributed by atoms with Crippen molar-refractivity contribution in [3.05, 3.63) is 136 Å². The lowest BCUT2D eigenvalue weighted by Gasteiger charge is -2.41. The molecule has 56 heavy (non-hydrogen) atoms. The molecule has 1 N–H and O–H groups in total. The first-order valence-electron chi connectivity index (χ1n) is 19.2. The standard InChI is InChI=1S/C45H47N5O6/c1-30-39(43(52)47(3)35-12-5-4-6-13-35)26-42(46(30)2)40-23-32-16-17-49(45(54)56-38-15-9-14-37(51)25-38)27-34(32)24-41(40)44(53)50-28-33-11-8-7-10-31(33)22-36(50)29-48-18-20-55-21-19-48/h4-15,23-26,36,51H,16-22,27-29H2,1-3H3/t36-/m0/s1. The number of ether oxygens (including phenoxy) is 2. The van der Waals surface area contributed by atoms with Gasteiger partial charge in [0.15, 0.2) is 0 Å². The molecule has 0 saturated carbocycles. The highest BCUT2D eigenvalue weighted by Gasteiger charge is 2.35. The van der Waals surface area contributed by atoms with Crippen molar-refractivity contribution in [2.45, 2.75) is 38.9 Å². The van der Waals surface area contributed by atoms with E-state index in [2.05, 4.69) is 29.2 Å². The van der Waals surface area contributed by atoms with Crippen LogP contribution in [-0.4, -0.2) is 94.8 Å². The maximum atomic E-state index is 15.3. The van der Waals surface area contributed by atoms with Gasteiger partial charge in [-0.3, -0.25) is 14.5 Å². The number of carbonyl (C=O) groups is 3. The number of nitrogens with zero attached hydrogens (tertiary/aromatic N) is 5. The van der Waals surface area contributed by atoms with Crippen molar-refractivity contribution in [2.75, 3.05) is 51.3 Å². The number of hydrogen-bond donors (Lipinski definition) is 1. The molecule has 11 nitrogen and oxygen atoms in total. The number of para-hydroxylation sites is 1. The van der Waals surface area contributed by atoms with Crippen molar-refractivity contribution in [3.63, 3.8) is 0 Å². The normalized spacial score (nSPS) is 16.9. The van der Waals surface area contributed by atoms with Crippen LogP contribution >= 0.6 is 0 Å². The molecule has 288 valence electrons. The highest BCUT2D eigenvalue weighted by molar-refractivity contribution is 6.08. The predicted octanol–water partition coefficient (Wildman–Crippen LogP) is 6.44. The molecule has 1 aromatic heterocycles. The molecule has 3 aliphatic rings. The Morgan fingerprint density at radius 2 is 1.57 bits per heavy atom. The summed E-state index contributed by atoms with van der Waals surface area (Å²) < 4.78 is 13.3. The molecule has 0 unspecified atom stereocenters. The Morgan fingerprint density at radius 3 is 2.34 bits per heavy atom. The van der Waals surface area contributed by atoms with Gasteiger partial charge in [-0.15, -0.1) is 0 Å². The zero-order chi connectivity index (χ0) is 38.9. The Kier molecular flexibility index (Phi) is 10.4. The van der Waals surface area contributed by atoms with E-state index in [9.17, 15) is 14.7 Å². The van der Waals surface area contributed by atoms with Crippen LogP contribution in [0.1, 0.15) is 48.7 Å². The third-order valence-electron chi connectivity index (χ3n) is 11.5. The highest BCUT2D eigenvalue weighted by Crippen LogP contribution is 2.36. The quantitative estimate of drug-likeness (QED) is 0.204. The number of benzene rings is 4. The van der Waals surface area contributed by atoms with Gasteiger partial charge in [0.2, 0.25) is 0 Å². The van der Waals surface area contributed by atoms with Crippen LogP contribution in [-0.2, 0) is 37.7 Å². The van der Waals surface area contributed by atoms with Gasteiger partial charge in [0.1, 0.15) is 11.5 Å². The first-order valence-corrected chi connectivity index (χ1v) is 19.2. The summed E-state index contributed by atoms with van der Waals surface area (Å²) in [6.45, 7) is 6.78. The summed E-state index contributed by atoms with van der Waals surface area (Å²) in [6, 6.07) is 30.0. The van der Waals surface area contributed by atoms with E-state index in [1.54, 1.807) is 29.0 Å². The number of fused-ring (bicyclic) bond motifs is 2. The highest BCUT2D eigenvalue weighted by atomic mass is 16.6. The average Bonchev–Trinajstić information content (AvgIpc) is 3.52. The van der Waals surface area contributed by atoms with E-state index < -0.39 is 6.09 Å². The van der Waals surface area contributed by atoms with E-state index in [1.165, 1.54) is 17.7 Å². The van der Waals surface area contributed by atoms with Gasteiger partial charge < -0.3 is 33.8 Å². The van der Waals surface area contributed by atoms with Crippen LogP contribution in [0.5, 0.6) is 11.5 Å². The van der Waals surface area contributed by atoms with Gasteiger partial charge in [-0.25, -0.2) is 4.79 Å². The van der Waals surface area contributed by atoms with Gasteiger partial charge in [-0.05, 0) is 84.5 Å². The van der Waals surface area contributed by atoms with Gasteiger partial charge in [0, 0.05) is 93.7 Å². The Balaban J connectivity index is 1.19. The van der Waals surface area contributed by atoms with Crippen LogP contribution in [0.15, 0.2) is 97.1 Å². The van der Waals surface area contributed by atoms with E-state index in [4.69, 9.17) is 9.47 Å². The maximum Gasteiger partial charge on any atom is 0.415 e. The Hall–Kier alpha value is -5.91. The zero-order valence-corrected chi connectivity index (χ0v) is 32.1. The molecule has 4 heterocycles. The summed E-state index contributed by atoms with van der Waals surface area (Å²) in [5, 5.41) is 9.92. The van der Waals surface area contributed by atoms with Crippen molar-refractivity contribution >= 4 is 23.6 Å². The molecule has 11 heteroatoms. The molecule has 0 bridgehead atoms. The summed E-state index contributed by atoms with van der Waals surface area (Å²) in [5.74, 6) is 0.0319. The molecular weight excluding hydrogens is 707 g/mol. The molecule has 1 fully saturated rings. The van der Waals surface area contributed by atoms with Gasteiger partial charge in [-0.2, -0.15) is 0 Å². The molecule has 3 amide bonds. The summed E-state index contributed by atoms with van der Waals surface area (Å²) in [6.07, 6.45) is 0.761. The minimum atomic E-state index is -0.528. The van der Waals surface area contributed by atoms with Crippen molar-refractivity contribution < 1.29 is 29.0 Å². The number of phenolic OH excluding ortho intramolecular Hbond substituents is 1. The van der Waals surface area contributed by atoms with Gasteiger partial charge >= 0.3 is 6.09 Å². The Morgan fingerprint density at radius 1 is 0.821 bits per heavy atom. The molecule has 0 spiro atoms. The summed E-state index contributed by atoms with van der Waals surface area (Å²) >= 11 is 0. The number of aromatic nitrogens is 1. The van der Waals surface area contributed by atoms with Gasteiger partial charge in [0.25, 0.3) is 11.8 Å². The molecule has 5 aromatic rings. The fourth-order valence-electron chi connectivity index (χ4n) is 8.22. The molecule has 8 rings (SSSR count). The minimum absolute atomic E-state index is 0.00899. The van der Waals surface area contributed by atoms with Crippen LogP contribution < -0.4 is 9.64 Å². The van der Waals surface area contributed by atoms with Gasteiger partial charge in [-0.1, -0.05) is 48.5 Å². The van der Waals surface area contributed by atoms with Crippen molar-refractivity contribution in [3.8, 4) is 22.8 Å². The first kappa shape index (κ1) is 37.0. The number of aromatic hydroxyl groups is 1. The van der Waals surface area contributed by atoms with Crippen LogP contribution in [0, 0.1) is 6.92 Å². The number of amides is 3. The molecule has 1 atom stereocenters. The van der Waals surface area contributed by atoms with E-state index in [-0.39, 0.29) is 35.9 Å². The summed E-state index contributed by atoms with van der Waals surface area (Å²) in [5.41, 5.74) is 8.46. The van der Waals surface area contributed by atoms with E-state index >= 15 is 4.79 Å². The smallest absolute Gasteiger partial charge is 0.415 e. The first-order chi connectivity index (χ1) is 27.1. The fourth-order valence-corrected chi connectivity index (χ4v) is 8.22. The monoisotopic (exact) mass is 753 g/mol. The number of morpholine rings is 1. The van der Waals surface area contributed by atoms with Crippen LogP contribution in [0.25, 0.3) is 11.3 Å². The zero-order valence-electron chi connectivity index (χ0n) is 32.1. The second-order valence-electron chi connectivity index (χ2n) is 15.0. The Bertz CT molecular complexity index is 2280. The lowest BCUT2D eigenvalue weighted by atomic mass is 9.89. The molecule has 0 aliphatic carbocycles. The third-order valence-corrected chi connectivity index (χ3v) is 11.5. The minimum Gasteiger partial charge on any atom is -0.508 e. The van der Waals surface area contributed by atoms with Crippen molar-refractivity contribution in [2.24, 2.45) is 7.05 Å².